The maximum absolute atomic E-state index is 13.4. The van der Waals surface area contributed by atoms with Crippen molar-refractivity contribution in [1.29, 1.82) is 0 Å². The van der Waals surface area contributed by atoms with E-state index in [4.69, 9.17) is 0 Å². The number of carbonyl (C=O) groups is 2. The molecule has 1 amide bonds. The summed E-state index contributed by atoms with van der Waals surface area (Å²) in [6, 6.07) is 16.4. The number of halogens is 1. The lowest BCUT2D eigenvalue weighted by molar-refractivity contribution is -0.141. The van der Waals surface area contributed by atoms with Gasteiger partial charge < -0.3 is 14.8 Å². The number of aromatic nitrogens is 2. The number of benzene rings is 2. The Morgan fingerprint density at radius 2 is 1.58 bits per heavy atom. The molecule has 3 N–H and O–H groups in total. The minimum absolute atomic E-state index is 0. The molecule has 3 aromatic rings. The third-order valence-corrected chi connectivity index (χ3v) is 5.56. The van der Waals surface area contributed by atoms with Crippen LogP contribution in [0, 0.1) is 0 Å². The molecule has 3 rings (SSSR count). The van der Waals surface area contributed by atoms with Gasteiger partial charge in [-0.25, -0.2) is 9.78 Å². The Morgan fingerprint density at radius 3 is 2.09 bits per heavy atom. The molecule has 1 heterocycles. The number of carboxylic acids is 1. The van der Waals surface area contributed by atoms with Crippen molar-refractivity contribution >= 4 is 30.2 Å². The van der Waals surface area contributed by atoms with E-state index < -0.39 is 23.5 Å². The highest BCUT2D eigenvalue weighted by molar-refractivity contribution is 5.99. The topological polar surface area (TPSA) is 104 Å². The van der Waals surface area contributed by atoms with E-state index in [2.05, 4.69) is 17.2 Å². The van der Waals surface area contributed by atoms with Crippen molar-refractivity contribution in [3.05, 3.63) is 84.2 Å². The average Bonchev–Trinajstić information content (AvgIpc) is 3.27. The van der Waals surface area contributed by atoms with E-state index in [1.165, 1.54) is 17.0 Å². The smallest absolute Gasteiger partial charge is 0.326 e. The molecule has 0 aliphatic rings. The number of imidazole rings is 1. The van der Waals surface area contributed by atoms with E-state index in [9.17, 15) is 19.8 Å². The fourth-order valence-corrected chi connectivity index (χ4v) is 3.79. The first-order valence-electron chi connectivity index (χ1n) is 10.9. The molecule has 0 saturated heterocycles. The van der Waals surface area contributed by atoms with Gasteiger partial charge in [0.1, 0.15) is 6.04 Å². The highest BCUT2D eigenvalue weighted by atomic mass is 35.5. The van der Waals surface area contributed by atoms with E-state index in [1.807, 2.05) is 0 Å². The van der Waals surface area contributed by atoms with Gasteiger partial charge >= 0.3 is 5.97 Å². The molecule has 1 atom stereocenters. The lowest BCUT2D eigenvalue weighted by atomic mass is 9.85. The van der Waals surface area contributed by atoms with Crippen LogP contribution in [0.25, 0.3) is 0 Å². The molecule has 0 saturated carbocycles. The van der Waals surface area contributed by atoms with Gasteiger partial charge in [-0.15, -0.1) is 12.4 Å². The number of carbonyl (C=O) groups excluding carboxylic acids is 1. The third kappa shape index (κ3) is 6.00. The van der Waals surface area contributed by atoms with Crippen LogP contribution in [0.15, 0.2) is 73.1 Å². The number of unbranched alkanes of at least 4 members (excludes halogenated alkanes) is 3. The molecule has 7 nitrogen and oxygen atoms in total. The molecule has 0 spiro atoms. The summed E-state index contributed by atoms with van der Waals surface area (Å²) in [4.78, 5) is 29.5. The van der Waals surface area contributed by atoms with Crippen LogP contribution >= 0.6 is 12.4 Å². The lowest BCUT2D eigenvalue weighted by Crippen LogP contribution is -2.42. The van der Waals surface area contributed by atoms with Crippen molar-refractivity contribution in [2.24, 2.45) is 0 Å². The number of rotatable bonds is 11. The number of anilines is 1. The van der Waals surface area contributed by atoms with Crippen molar-refractivity contribution in [2.45, 2.75) is 50.7 Å². The van der Waals surface area contributed by atoms with Crippen molar-refractivity contribution in [2.75, 3.05) is 5.32 Å². The van der Waals surface area contributed by atoms with Crippen molar-refractivity contribution in [3.63, 3.8) is 0 Å². The second kappa shape index (κ2) is 12.2. The summed E-state index contributed by atoms with van der Waals surface area (Å²) in [6.07, 6.45) is 7.21. The van der Waals surface area contributed by atoms with Gasteiger partial charge in [0.05, 0.1) is 0 Å². The van der Waals surface area contributed by atoms with Gasteiger partial charge in [0.2, 0.25) is 5.95 Å². The van der Waals surface area contributed by atoms with E-state index in [0.717, 1.165) is 25.7 Å². The van der Waals surface area contributed by atoms with E-state index in [0.29, 0.717) is 17.5 Å². The number of aliphatic hydroxyl groups is 1. The highest BCUT2D eigenvalue weighted by Gasteiger charge is 2.40. The Bertz CT molecular complexity index is 985. The number of aliphatic carboxylic acids is 1. The summed E-state index contributed by atoms with van der Waals surface area (Å²) in [5.74, 6) is -1.61. The normalized spacial score (nSPS) is 11.9. The number of hydrogen-bond acceptors (Lipinski definition) is 4. The number of nitrogens with zero attached hydrogens (tertiary/aromatic N) is 2. The first kappa shape index (κ1) is 26.1. The molecule has 2 aromatic carbocycles. The minimum Gasteiger partial charge on any atom is -0.480 e. The van der Waals surface area contributed by atoms with Crippen LogP contribution in [-0.2, 0) is 15.2 Å². The fourth-order valence-electron chi connectivity index (χ4n) is 3.79. The molecule has 1 aromatic heterocycles. The molecule has 0 aliphatic heterocycles. The summed E-state index contributed by atoms with van der Waals surface area (Å²) in [6.45, 7) is 2.10. The van der Waals surface area contributed by atoms with Crippen LogP contribution in [0.5, 0.6) is 0 Å². The predicted octanol–water partition coefficient (Wildman–Crippen LogP) is 4.78. The van der Waals surface area contributed by atoms with Gasteiger partial charge in [-0.2, -0.15) is 0 Å². The van der Waals surface area contributed by atoms with Crippen molar-refractivity contribution in [1.82, 2.24) is 9.55 Å². The van der Waals surface area contributed by atoms with Gasteiger partial charge in [-0.3, -0.25) is 10.1 Å². The van der Waals surface area contributed by atoms with Gasteiger partial charge in [0, 0.05) is 12.4 Å². The molecule has 1 unspecified atom stereocenters. The largest absolute Gasteiger partial charge is 0.480 e. The zero-order valence-electron chi connectivity index (χ0n) is 18.6. The molecular weight excluding hydrogens is 442 g/mol. The Hall–Kier alpha value is -3.16. The van der Waals surface area contributed by atoms with Crippen molar-refractivity contribution < 1.29 is 19.8 Å². The maximum atomic E-state index is 13.4. The molecule has 176 valence electrons. The van der Waals surface area contributed by atoms with Crippen LogP contribution < -0.4 is 5.32 Å². The van der Waals surface area contributed by atoms with Gasteiger partial charge in [-0.1, -0.05) is 93.3 Å². The zero-order valence-corrected chi connectivity index (χ0v) is 19.4. The second-order valence-corrected chi connectivity index (χ2v) is 7.76. The van der Waals surface area contributed by atoms with E-state index >= 15 is 0 Å². The van der Waals surface area contributed by atoms with Crippen LogP contribution in [0.3, 0.4) is 0 Å². The van der Waals surface area contributed by atoms with E-state index in [1.54, 1.807) is 60.7 Å². The average molecular weight is 472 g/mol. The summed E-state index contributed by atoms with van der Waals surface area (Å²) >= 11 is 0. The maximum Gasteiger partial charge on any atom is 0.326 e. The first-order valence-corrected chi connectivity index (χ1v) is 10.9. The molecular formula is C25H30ClN3O4. The van der Waals surface area contributed by atoms with Gasteiger partial charge in [0.25, 0.3) is 5.91 Å². The number of hydrogen-bond donors (Lipinski definition) is 3. The summed E-state index contributed by atoms with van der Waals surface area (Å²) in [5, 5.41) is 24.0. The Balaban J connectivity index is 0.00000385. The summed E-state index contributed by atoms with van der Waals surface area (Å²) < 4.78 is 1.45. The fraction of sp³-hybridized carbons (Fsp3) is 0.320. The SMILES string of the molecule is CCCCCCC(C(=O)O)n1ccnc1NC(=O)C(O)(c1ccccc1)c1ccccc1.Cl. The molecule has 0 aliphatic carbocycles. The monoisotopic (exact) mass is 471 g/mol. The predicted molar refractivity (Wildman–Crippen MR) is 129 cm³/mol. The molecule has 0 bridgehead atoms. The highest BCUT2D eigenvalue weighted by Crippen LogP contribution is 2.31. The van der Waals surface area contributed by atoms with Crippen LogP contribution in [0.1, 0.15) is 56.2 Å². The first-order chi connectivity index (χ1) is 15.5. The standard InChI is InChI=1S/C25H29N3O4.ClH/c1-2-3-4-11-16-21(22(29)30)28-18-17-26-24(28)27-23(31)25(32,19-12-7-5-8-13-19)20-14-9-6-10-15-20;/h5-10,12-15,17-18,21,32H,2-4,11,16H2,1H3,(H,29,30)(H,26,27,31);1H. The van der Waals surface area contributed by atoms with Gasteiger partial charge in [0.15, 0.2) is 5.60 Å². The summed E-state index contributed by atoms with van der Waals surface area (Å²) in [7, 11) is 0. The Kier molecular flexibility index (Phi) is 9.63. The Labute approximate surface area is 199 Å². The van der Waals surface area contributed by atoms with Crippen LogP contribution in [-0.4, -0.2) is 31.6 Å². The molecule has 0 radical (unpaired) electrons. The molecule has 8 heteroatoms. The van der Waals surface area contributed by atoms with Crippen LogP contribution in [0.2, 0.25) is 0 Å². The van der Waals surface area contributed by atoms with Crippen molar-refractivity contribution in [3.8, 4) is 0 Å². The van der Waals surface area contributed by atoms with Gasteiger partial charge in [-0.05, 0) is 17.5 Å². The lowest BCUT2D eigenvalue weighted by Gasteiger charge is -2.28. The Morgan fingerprint density at radius 1 is 1.00 bits per heavy atom. The molecule has 0 fully saturated rings. The number of nitrogens with one attached hydrogen (secondary N) is 1. The number of amides is 1. The third-order valence-electron chi connectivity index (χ3n) is 5.56. The zero-order chi connectivity index (χ0) is 23.0. The quantitative estimate of drug-likeness (QED) is 0.349. The molecule has 33 heavy (non-hydrogen) atoms. The summed E-state index contributed by atoms with van der Waals surface area (Å²) in [5.41, 5.74) is -1.17. The van der Waals surface area contributed by atoms with Crippen LogP contribution in [0.4, 0.5) is 5.95 Å². The van der Waals surface area contributed by atoms with E-state index in [-0.39, 0.29) is 18.4 Å². The second-order valence-electron chi connectivity index (χ2n) is 7.76. The minimum atomic E-state index is -1.97. The number of carboxylic acid groups (broad SMARTS) is 1.